The predicted octanol–water partition coefficient (Wildman–Crippen LogP) is 4.39. The number of nitrogens with one attached hydrogen (secondary N) is 2. The third-order valence-corrected chi connectivity index (χ3v) is 3.83. The lowest BCUT2D eigenvalue weighted by Gasteiger charge is -2.11. The van der Waals surface area contributed by atoms with Crippen molar-refractivity contribution in [2.24, 2.45) is 0 Å². The van der Waals surface area contributed by atoms with Crippen LogP contribution in [0.2, 0.25) is 5.02 Å². The Morgan fingerprint density at radius 3 is 2.20 bits per heavy atom. The molecule has 0 saturated heterocycles. The van der Waals surface area contributed by atoms with E-state index in [0.29, 0.717) is 30.0 Å². The highest BCUT2D eigenvalue weighted by molar-refractivity contribution is 6.32. The van der Waals surface area contributed by atoms with Gasteiger partial charge >= 0.3 is 0 Å². The van der Waals surface area contributed by atoms with Crippen molar-refractivity contribution < 1.29 is 9.47 Å². The molecule has 0 spiro atoms. The van der Waals surface area contributed by atoms with Gasteiger partial charge in [0.15, 0.2) is 5.82 Å². The molecule has 0 fully saturated rings. The summed E-state index contributed by atoms with van der Waals surface area (Å²) in [7, 11) is 0. The van der Waals surface area contributed by atoms with E-state index >= 15 is 0 Å². The largest absolute Gasteiger partial charge is 0.490 e. The highest BCUT2D eigenvalue weighted by atomic mass is 35.5. The molecule has 6 bridgehead atoms. The van der Waals surface area contributed by atoms with Crippen LogP contribution in [0.5, 0.6) is 11.5 Å². The van der Waals surface area contributed by atoms with Crippen molar-refractivity contribution in [2.75, 3.05) is 23.8 Å². The van der Waals surface area contributed by atoms with Gasteiger partial charge in [-0.1, -0.05) is 23.7 Å². The highest BCUT2D eigenvalue weighted by Crippen LogP contribution is 2.27. The third kappa shape index (κ3) is 3.75. The molecule has 3 aromatic rings. The average molecular weight is 355 g/mol. The lowest BCUT2D eigenvalue weighted by atomic mass is 10.3. The monoisotopic (exact) mass is 354 g/mol. The van der Waals surface area contributed by atoms with E-state index in [9.17, 15) is 0 Å². The van der Waals surface area contributed by atoms with Crippen LogP contribution in [0.25, 0.3) is 0 Å². The molecule has 0 unspecified atom stereocenters. The van der Waals surface area contributed by atoms with E-state index in [0.717, 1.165) is 22.9 Å². The van der Waals surface area contributed by atoms with E-state index in [1.54, 1.807) is 6.20 Å². The van der Waals surface area contributed by atoms with Crippen molar-refractivity contribution >= 4 is 34.7 Å². The number of rotatable bonds is 0. The van der Waals surface area contributed by atoms with Gasteiger partial charge in [-0.2, -0.15) is 4.98 Å². The summed E-state index contributed by atoms with van der Waals surface area (Å²) in [5.74, 6) is 2.43. The number of aromatic nitrogens is 2. The fraction of sp³-hybridized carbons (Fsp3) is 0.111. The van der Waals surface area contributed by atoms with Crippen molar-refractivity contribution in [3.8, 4) is 11.5 Å². The molecule has 0 saturated carbocycles. The zero-order valence-corrected chi connectivity index (χ0v) is 14.0. The summed E-state index contributed by atoms with van der Waals surface area (Å²) in [5.41, 5.74) is 1.64. The molecule has 1 aromatic heterocycles. The van der Waals surface area contributed by atoms with Gasteiger partial charge in [0.1, 0.15) is 29.7 Å². The van der Waals surface area contributed by atoms with Gasteiger partial charge in [0, 0.05) is 23.5 Å². The number of hydrogen-bond donors (Lipinski definition) is 2. The van der Waals surface area contributed by atoms with Crippen molar-refractivity contribution in [1.29, 1.82) is 0 Å². The van der Waals surface area contributed by atoms with Crippen LogP contribution in [0.15, 0.2) is 54.7 Å². The van der Waals surface area contributed by atoms with Crippen LogP contribution in [-0.2, 0) is 0 Å². The zero-order chi connectivity index (χ0) is 17.1. The third-order valence-electron chi connectivity index (χ3n) is 3.55. The Labute approximate surface area is 149 Å². The SMILES string of the molecule is Clc1cnc2nc1Nc1cccc(c1)OCCOc1cccc(c1)N2. The van der Waals surface area contributed by atoms with E-state index in [-0.39, 0.29) is 0 Å². The molecule has 2 aromatic carbocycles. The van der Waals surface area contributed by atoms with Crippen LogP contribution in [0.3, 0.4) is 0 Å². The minimum atomic E-state index is 0.429. The van der Waals surface area contributed by atoms with Crippen LogP contribution in [0, 0.1) is 0 Å². The minimum Gasteiger partial charge on any atom is -0.490 e. The molecule has 0 amide bonds. The quantitative estimate of drug-likeness (QED) is 0.624. The van der Waals surface area contributed by atoms with Gasteiger partial charge in [-0.3, -0.25) is 0 Å². The number of benzene rings is 2. The first-order valence-corrected chi connectivity index (χ1v) is 8.16. The molecule has 0 atom stereocenters. The van der Waals surface area contributed by atoms with Crippen LogP contribution in [0.1, 0.15) is 0 Å². The molecule has 7 heteroatoms. The summed E-state index contributed by atoms with van der Waals surface area (Å²) in [5, 5.41) is 6.78. The second kappa shape index (κ2) is 6.86. The van der Waals surface area contributed by atoms with E-state index in [1.165, 1.54) is 0 Å². The number of fused-ring (bicyclic) bond motifs is 6. The Balaban J connectivity index is 1.73. The van der Waals surface area contributed by atoms with Crippen molar-refractivity contribution in [3.63, 3.8) is 0 Å². The highest BCUT2D eigenvalue weighted by Gasteiger charge is 2.08. The fourth-order valence-corrected chi connectivity index (χ4v) is 2.57. The first-order valence-electron chi connectivity index (χ1n) is 7.79. The average Bonchev–Trinajstić information content (AvgIpc) is 2.62. The number of nitrogens with zero attached hydrogens (tertiary/aromatic N) is 2. The minimum absolute atomic E-state index is 0.429. The van der Waals surface area contributed by atoms with Crippen LogP contribution in [-0.4, -0.2) is 23.2 Å². The van der Waals surface area contributed by atoms with Gasteiger partial charge in [-0.15, -0.1) is 0 Å². The molecule has 0 radical (unpaired) electrons. The van der Waals surface area contributed by atoms with Gasteiger partial charge in [0.2, 0.25) is 5.95 Å². The predicted molar refractivity (Wildman–Crippen MR) is 97.5 cm³/mol. The molecular weight excluding hydrogens is 340 g/mol. The molecule has 0 aliphatic carbocycles. The number of halogens is 1. The fourth-order valence-electron chi connectivity index (χ4n) is 2.43. The maximum absolute atomic E-state index is 6.22. The summed E-state index contributed by atoms with van der Waals surface area (Å²) < 4.78 is 11.5. The summed E-state index contributed by atoms with van der Waals surface area (Å²) in [6.07, 6.45) is 1.55. The Hall–Kier alpha value is -2.99. The normalized spacial score (nSPS) is 13.2. The summed E-state index contributed by atoms with van der Waals surface area (Å²) in [4.78, 5) is 8.66. The molecule has 126 valence electrons. The molecule has 6 nitrogen and oxygen atoms in total. The maximum Gasteiger partial charge on any atom is 0.229 e. The Morgan fingerprint density at radius 1 is 0.880 bits per heavy atom. The number of hydrogen-bond acceptors (Lipinski definition) is 6. The summed E-state index contributed by atoms with van der Waals surface area (Å²) in [6.45, 7) is 0.882. The molecular formula is C18H15ClN4O2. The second-order valence-corrected chi connectivity index (χ2v) is 5.80. The molecule has 2 heterocycles. The molecule has 25 heavy (non-hydrogen) atoms. The van der Waals surface area contributed by atoms with Crippen LogP contribution >= 0.6 is 11.6 Å². The van der Waals surface area contributed by atoms with Crippen molar-refractivity contribution in [3.05, 3.63) is 59.8 Å². The lowest BCUT2D eigenvalue weighted by molar-refractivity contribution is 0.217. The van der Waals surface area contributed by atoms with Gasteiger partial charge in [-0.25, -0.2) is 4.98 Å². The van der Waals surface area contributed by atoms with Gasteiger partial charge in [0.05, 0.1) is 6.20 Å². The van der Waals surface area contributed by atoms with Gasteiger partial charge in [-0.05, 0) is 24.3 Å². The second-order valence-electron chi connectivity index (χ2n) is 5.39. The van der Waals surface area contributed by atoms with Crippen molar-refractivity contribution in [1.82, 2.24) is 9.97 Å². The first-order chi connectivity index (χ1) is 12.3. The Kier molecular flexibility index (Phi) is 4.26. The Morgan fingerprint density at radius 2 is 1.52 bits per heavy atom. The lowest BCUT2D eigenvalue weighted by Crippen LogP contribution is -2.09. The van der Waals surface area contributed by atoms with Gasteiger partial charge in [0.25, 0.3) is 0 Å². The van der Waals surface area contributed by atoms with Gasteiger partial charge < -0.3 is 20.1 Å². The standard InChI is InChI=1S/C18H15ClN4O2/c19-16-11-20-18-22-13-4-2-6-15(10-13)25-8-7-24-14-5-1-3-12(9-14)21-17(16)23-18/h1-6,9-11H,7-8H2,(H2,20,21,22,23). The smallest absolute Gasteiger partial charge is 0.229 e. The Bertz CT molecular complexity index is 904. The topological polar surface area (TPSA) is 68.3 Å². The zero-order valence-electron chi connectivity index (χ0n) is 13.2. The van der Waals surface area contributed by atoms with Crippen LogP contribution < -0.4 is 20.1 Å². The van der Waals surface area contributed by atoms with Crippen LogP contribution in [0.4, 0.5) is 23.1 Å². The molecule has 1 aliphatic heterocycles. The van der Waals surface area contributed by atoms with E-state index < -0.39 is 0 Å². The molecule has 4 rings (SSSR count). The van der Waals surface area contributed by atoms with E-state index in [1.807, 2.05) is 48.5 Å². The van der Waals surface area contributed by atoms with E-state index in [4.69, 9.17) is 21.1 Å². The number of anilines is 4. The summed E-state index contributed by atoms with van der Waals surface area (Å²) in [6, 6.07) is 15.2. The van der Waals surface area contributed by atoms with Crippen molar-refractivity contribution in [2.45, 2.75) is 0 Å². The maximum atomic E-state index is 6.22. The summed E-state index contributed by atoms with van der Waals surface area (Å²) >= 11 is 6.22. The number of ether oxygens (including phenoxy) is 2. The molecule has 1 aliphatic rings. The first kappa shape index (κ1) is 15.5. The molecule has 2 N–H and O–H groups in total. The van der Waals surface area contributed by atoms with E-state index in [2.05, 4.69) is 20.6 Å².